The number of azo groups is 1. The highest BCUT2D eigenvalue weighted by molar-refractivity contribution is 5.98. The van der Waals surface area contributed by atoms with E-state index in [1.165, 1.54) is 14.2 Å². The summed E-state index contributed by atoms with van der Waals surface area (Å²) in [6, 6.07) is 7.62. The minimum Gasteiger partial charge on any atom is -0.495 e. The number of carbonyl (C=O) groups is 2. The van der Waals surface area contributed by atoms with Gasteiger partial charge in [0.2, 0.25) is 11.7 Å². The zero-order valence-electron chi connectivity index (χ0n) is 21.3. The molecule has 2 aromatic carbocycles. The molecule has 0 spiro atoms. The first kappa shape index (κ1) is 27.3. The Labute approximate surface area is 215 Å². The molecule has 0 aromatic heterocycles. The van der Waals surface area contributed by atoms with Crippen molar-refractivity contribution in [2.24, 2.45) is 21.7 Å². The van der Waals surface area contributed by atoms with Gasteiger partial charge in [0, 0.05) is 17.7 Å². The predicted octanol–water partition coefficient (Wildman–Crippen LogP) is 2.77. The number of amides is 3. The Morgan fingerprint density at radius 2 is 1.65 bits per heavy atom. The summed E-state index contributed by atoms with van der Waals surface area (Å²) in [6.07, 6.45) is 0.866. The van der Waals surface area contributed by atoms with Crippen LogP contribution < -0.4 is 41.0 Å². The number of urea groups is 1. The summed E-state index contributed by atoms with van der Waals surface area (Å²) in [4.78, 5) is 23.5. The van der Waals surface area contributed by atoms with Crippen LogP contribution in [0.15, 0.2) is 40.6 Å². The molecule has 12 heteroatoms. The maximum Gasteiger partial charge on any atom is 0.312 e. The van der Waals surface area contributed by atoms with Crippen LogP contribution in [0.1, 0.15) is 24.0 Å². The molecule has 0 aliphatic carbocycles. The molecule has 0 saturated heterocycles. The van der Waals surface area contributed by atoms with Crippen molar-refractivity contribution in [2.75, 3.05) is 46.8 Å². The van der Waals surface area contributed by atoms with E-state index in [1.807, 2.05) is 6.07 Å². The van der Waals surface area contributed by atoms with E-state index in [0.29, 0.717) is 60.3 Å². The van der Waals surface area contributed by atoms with Crippen molar-refractivity contribution in [3.8, 4) is 23.0 Å². The van der Waals surface area contributed by atoms with Gasteiger partial charge in [0.1, 0.15) is 5.75 Å². The van der Waals surface area contributed by atoms with Gasteiger partial charge in [0.25, 0.3) is 0 Å². The van der Waals surface area contributed by atoms with Gasteiger partial charge in [-0.2, -0.15) is 10.2 Å². The van der Waals surface area contributed by atoms with Gasteiger partial charge in [0.05, 0.1) is 52.4 Å². The molecule has 1 heterocycles. The fourth-order valence-electron chi connectivity index (χ4n) is 3.87. The lowest BCUT2D eigenvalue weighted by atomic mass is 9.99. The lowest BCUT2D eigenvalue weighted by Gasteiger charge is -2.16. The maximum atomic E-state index is 12.7. The van der Waals surface area contributed by atoms with Gasteiger partial charge in [-0.1, -0.05) is 6.07 Å². The summed E-state index contributed by atoms with van der Waals surface area (Å²) in [6.45, 7) is 0.679. The first-order valence-corrected chi connectivity index (χ1v) is 11.5. The fourth-order valence-corrected chi connectivity index (χ4v) is 3.87. The average molecular weight is 513 g/mol. The van der Waals surface area contributed by atoms with E-state index in [2.05, 4.69) is 20.9 Å². The van der Waals surface area contributed by atoms with Gasteiger partial charge in [-0.3, -0.25) is 4.79 Å². The first-order chi connectivity index (χ1) is 17.8. The Balaban J connectivity index is 1.89. The third-order valence-corrected chi connectivity index (χ3v) is 5.76. The minimum atomic E-state index is -0.784. The van der Waals surface area contributed by atoms with E-state index >= 15 is 0 Å². The van der Waals surface area contributed by atoms with Gasteiger partial charge in [-0.05, 0) is 42.7 Å². The minimum absolute atomic E-state index is 0.333. The summed E-state index contributed by atoms with van der Waals surface area (Å²) in [5.41, 5.74) is 14.6. The largest absolute Gasteiger partial charge is 0.495 e. The molecule has 1 aliphatic heterocycles. The zero-order chi connectivity index (χ0) is 26.9. The van der Waals surface area contributed by atoms with E-state index in [0.717, 1.165) is 16.7 Å². The highest BCUT2D eigenvalue weighted by atomic mass is 16.5. The van der Waals surface area contributed by atoms with Gasteiger partial charge in [-0.25, -0.2) is 4.79 Å². The normalized spacial score (nSPS) is 13.2. The lowest BCUT2D eigenvalue weighted by Crippen LogP contribution is -2.37. The second-order valence-electron chi connectivity index (χ2n) is 8.08. The van der Waals surface area contributed by atoms with Crippen molar-refractivity contribution in [1.29, 1.82) is 0 Å². The Hall–Kier alpha value is -4.32. The molecule has 2 aromatic rings. The number of rotatable bonds is 12. The number of hydrogen-bond donors (Lipinski definition) is 4. The van der Waals surface area contributed by atoms with Crippen LogP contribution in [0.4, 0.5) is 10.5 Å². The van der Waals surface area contributed by atoms with Gasteiger partial charge >= 0.3 is 6.03 Å². The first-order valence-electron chi connectivity index (χ1n) is 11.5. The summed E-state index contributed by atoms with van der Waals surface area (Å²) < 4.78 is 21.8. The summed E-state index contributed by atoms with van der Waals surface area (Å²) in [7, 11) is 6.14. The Morgan fingerprint density at radius 3 is 2.24 bits per heavy atom. The van der Waals surface area contributed by atoms with Crippen molar-refractivity contribution >= 4 is 28.9 Å². The van der Waals surface area contributed by atoms with Gasteiger partial charge in [0.15, 0.2) is 11.5 Å². The van der Waals surface area contributed by atoms with Crippen molar-refractivity contribution in [3.05, 3.63) is 41.5 Å². The smallest absolute Gasteiger partial charge is 0.312 e. The van der Waals surface area contributed by atoms with Crippen LogP contribution in [0.5, 0.6) is 23.0 Å². The third-order valence-electron chi connectivity index (χ3n) is 5.76. The molecule has 0 saturated carbocycles. The van der Waals surface area contributed by atoms with E-state index in [1.54, 1.807) is 38.5 Å². The molecule has 0 fully saturated rings. The quantitative estimate of drug-likeness (QED) is 0.317. The van der Waals surface area contributed by atoms with Crippen molar-refractivity contribution in [1.82, 2.24) is 5.32 Å². The molecule has 198 valence electrons. The van der Waals surface area contributed by atoms with Crippen LogP contribution in [-0.4, -0.2) is 59.5 Å². The molecule has 6 N–H and O–H groups in total. The summed E-state index contributed by atoms with van der Waals surface area (Å²) in [5, 5.41) is 13.9. The Morgan fingerprint density at radius 1 is 0.973 bits per heavy atom. The number of nitrogens with two attached hydrogens (primary N) is 2. The topological polar surface area (TPSA) is 172 Å². The number of nitrogens with one attached hydrogen (secondary N) is 2. The number of primary amides is 1. The molecule has 1 atom stereocenters. The van der Waals surface area contributed by atoms with Crippen molar-refractivity contribution < 1.29 is 28.5 Å². The van der Waals surface area contributed by atoms with Crippen LogP contribution >= 0.6 is 0 Å². The van der Waals surface area contributed by atoms with Crippen LogP contribution in [0, 0.1) is 0 Å². The molecule has 1 aliphatic rings. The van der Waals surface area contributed by atoms with E-state index < -0.39 is 12.1 Å². The summed E-state index contributed by atoms with van der Waals surface area (Å²) in [5.74, 6) is 1.56. The molecular formula is C25H32N6O6. The standard InChI is InChI=1S/C25H32N6O6/c1-34-19-8-7-14(10-18(19)30-24(32)17(26)6-5-9-28-25(27)33)16-13-29-31-22(16)15-11-20(35-2)23(37-4)21(12-15)36-3/h7-8,10-12,17H,5-6,9,13,26H2,1-4H3,(H,30,32)(H3,27,28,33). The van der Waals surface area contributed by atoms with Crippen LogP contribution in [0.2, 0.25) is 0 Å². The van der Waals surface area contributed by atoms with Gasteiger partial charge < -0.3 is 41.0 Å². The van der Waals surface area contributed by atoms with Crippen molar-refractivity contribution in [3.63, 3.8) is 0 Å². The van der Waals surface area contributed by atoms with Crippen molar-refractivity contribution in [2.45, 2.75) is 18.9 Å². The molecule has 37 heavy (non-hydrogen) atoms. The molecular weight excluding hydrogens is 480 g/mol. The predicted molar refractivity (Wildman–Crippen MR) is 139 cm³/mol. The number of carbonyl (C=O) groups excluding carboxylic acids is 2. The maximum absolute atomic E-state index is 12.7. The number of benzene rings is 2. The molecule has 12 nitrogen and oxygen atoms in total. The Bertz CT molecular complexity index is 1190. The number of anilines is 1. The second-order valence-corrected chi connectivity index (χ2v) is 8.08. The van der Waals surface area contributed by atoms with Crippen LogP contribution in [0.3, 0.4) is 0 Å². The zero-order valence-corrected chi connectivity index (χ0v) is 21.3. The lowest BCUT2D eigenvalue weighted by molar-refractivity contribution is -0.117. The highest BCUT2D eigenvalue weighted by Gasteiger charge is 2.22. The van der Waals surface area contributed by atoms with E-state index in [9.17, 15) is 9.59 Å². The number of hydrogen-bond acceptors (Lipinski definition) is 9. The van der Waals surface area contributed by atoms with Gasteiger partial charge in [-0.15, -0.1) is 0 Å². The van der Waals surface area contributed by atoms with Crippen LogP contribution in [0.25, 0.3) is 11.3 Å². The second kappa shape index (κ2) is 12.6. The number of nitrogens with zero attached hydrogens (tertiary/aromatic N) is 2. The molecule has 3 amide bonds. The molecule has 1 unspecified atom stereocenters. The van der Waals surface area contributed by atoms with E-state index in [4.69, 9.17) is 30.4 Å². The molecule has 0 bridgehead atoms. The Kier molecular flexibility index (Phi) is 9.27. The average Bonchev–Trinajstić information content (AvgIpc) is 3.40. The SMILES string of the molecule is COc1ccc(C2=C(c3cc(OC)c(OC)c(OC)c3)N=NC2)cc1NC(=O)C(N)CCCNC(N)=O. The van der Waals surface area contributed by atoms with E-state index in [-0.39, 0.29) is 5.91 Å². The third kappa shape index (κ3) is 6.47. The number of methoxy groups -OCH3 is 4. The molecule has 3 rings (SSSR count). The summed E-state index contributed by atoms with van der Waals surface area (Å²) >= 11 is 0. The fraction of sp³-hybridized carbons (Fsp3) is 0.360. The number of ether oxygens (including phenoxy) is 4. The monoisotopic (exact) mass is 512 g/mol. The highest BCUT2D eigenvalue weighted by Crippen LogP contribution is 2.43. The molecule has 0 radical (unpaired) electrons. The van der Waals surface area contributed by atoms with Crippen LogP contribution in [-0.2, 0) is 4.79 Å².